The minimum Gasteiger partial charge on any atom is -0.466 e. The smallest absolute Gasteiger partial charge is 0.305 e. The molecule has 0 bridgehead atoms. The molecule has 15 heavy (non-hydrogen) atoms. The van der Waals surface area contributed by atoms with Crippen molar-refractivity contribution in [3.8, 4) is 0 Å². The van der Waals surface area contributed by atoms with Gasteiger partial charge in [0.15, 0.2) is 0 Å². The van der Waals surface area contributed by atoms with E-state index in [0.29, 0.717) is 13.0 Å². The van der Waals surface area contributed by atoms with E-state index in [-0.39, 0.29) is 5.97 Å². The quantitative estimate of drug-likeness (QED) is 0.425. The molecule has 0 N–H and O–H groups in total. The standard InChI is InChI=1S/C12H24O2S/c1-3-5-10-15-11-8-6-7-9-12(13)14-4-2/h3-11H2,1-2H3. The molecule has 2 nitrogen and oxygen atoms in total. The largest absolute Gasteiger partial charge is 0.466 e. The predicted octanol–water partition coefficient (Wildman–Crippen LogP) is 3.64. The Morgan fingerprint density at radius 3 is 2.47 bits per heavy atom. The van der Waals surface area contributed by atoms with Crippen LogP contribution in [0.5, 0.6) is 0 Å². The lowest BCUT2D eigenvalue weighted by atomic mass is 10.2. The Kier molecular flexibility index (Phi) is 11.7. The van der Waals surface area contributed by atoms with Crippen molar-refractivity contribution < 1.29 is 9.53 Å². The first-order chi connectivity index (χ1) is 7.31. The van der Waals surface area contributed by atoms with Gasteiger partial charge in [0.05, 0.1) is 6.61 Å². The molecule has 0 rings (SSSR count). The summed E-state index contributed by atoms with van der Waals surface area (Å²) in [5, 5.41) is 0. The number of carbonyl (C=O) groups excluding carboxylic acids is 1. The fourth-order valence-corrected chi connectivity index (χ4v) is 2.34. The van der Waals surface area contributed by atoms with Gasteiger partial charge in [-0.25, -0.2) is 0 Å². The molecule has 0 saturated heterocycles. The number of carbonyl (C=O) groups is 1. The Morgan fingerprint density at radius 1 is 1.07 bits per heavy atom. The minimum absolute atomic E-state index is 0.0452. The van der Waals surface area contributed by atoms with Gasteiger partial charge in [-0.2, -0.15) is 11.8 Å². The molecule has 0 spiro atoms. The molecule has 0 aromatic rings. The van der Waals surface area contributed by atoms with Gasteiger partial charge in [0.2, 0.25) is 0 Å². The third-order valence-electron chi connectivity index (χ3n) is 2.12. The Hall–Kier alpha value is -0.180. The molecule has 0 aromatic heterocycles. The third kappa shape index (κ3) is 11.7. The van der Waals surface area contributed by atoms with E-state index >= 15 is 0 Å². The second-order valence-corrected chi connectivity index (χ2v) is 4.81. The molecule has 0 aliphatic carbocycles. The SMILES string of the molecule is CCCCSCCCCCC(=O)OCC. The Balaban J connectivity index is 3.01. The summed E-state index contributed by atoms with van der Waals surface area (Å²) >= 11 is 2.03. The molecule has 0 aromatic carbocycles. The Morgan fingerprint density at radius 2 is 1.80 bits per heavy atom. The first kappa shape index (κ1) is 14.8. The van der Waals surface area contributed by atoms with Gasteiger partial charge in [-0.1, -0.05) is 19.8 Å². The van der Waals surface area contributed by atoms with Crippen molar-refractivity contribution in [1.82, 2.24) is 0 Å². The van der Waals surface area contributed by atoms with Gasteiger partial charge in [-0.3, -0.25) is 4.79 Å². The molecule has 0 amide bonds. The van der Waals surface area contributed by atoms with E-state index in [1.54, 1.807) is 0 Å². The summed E-state index contributed by atoms with van der Waals surface area (Å²) in [6, 6.07) is 0. The summed E-state index contributed by atoms with van der Waals surface area (Å²) in [6.45, 7) is 4.58. The van der Waals surface area contributed by atoms with E-state index in [9.17, 15) is 4.79 Å². The minimum atomic E-state index is -0.0452. The van der Waals surface area contributed by atoms with Gasteiger partial charge in [0.25, 0.3) is 0 Å². The summed E-state index contributed by atoms with van der Waals surface area (Å²) in [6.07, 6.45) is 6.57. The Labute approximate surface area is 98.2 Å². The molecule has 0 saturated carbocycles. The molecule has 0 aliphatic rings. The van der Waals surface area contributed by atoms with Crippen molar-refractivity contribution >= 4 is 17.7 Å². The lowest BCUT2D eigenvalue weighted by Gasteiger charge is -2.02. The predicted molar refractivity (Wildman–Crippen MR) is 67.3 cm³/mol. The van der Waals surface area contributed by atoms with Crippen LogP contribution in [-0.4, -0.2) is 24.1 Å². The molecule has 90 valence electrons. The maximum absolute atomic E-state index is 11.0. The first-order valence-electron chi connectivity index (χ1n) is 6.04. The van der Waals surface area contributed by atoms with Crippen LogP contribution in [0.4, 0.5) is 0 Å². The zero-order valence-electron chi connectivity index (χ0n) is 10.1. The van der Waals surface area contributed by atoms with Crippen LogP contribution in [0.25, 0.3) is 0 Å². The topological polar surface area (TPSA) is 26.3 Å². The van der Waals surface area contributed by atoms with Crippen molar-refractivity contribution in [3.63, 3.8) is 0 Å². The molecule has 0 heterocycles. The van der Waals surface area contributed by atoms with Crippen LogP contribution in [-0.2, 0) is 9.53 Å². The molecule has 0 aliphatic heterocycles. The average molecular weight is 232 g/mol. The van der Waals surface area contributed by atoms with Crippen molar-refractivity contribution in [2.45, 2.75) is 52.4 Å². The van der Waals surface area contributed by atoms with Gasteiger partial charge < -0.3 is 4.74 Å². The van der Waals surface area contributed by atoms with E-state index in [2.05, 4.69) is 6.92 Å². The lowest BCUT2D eigenvalue weighted by Crippen LogP contribution is -2.03. The maximum Gasteiger partial charge on any atom is 0.305 e. The number of hydrogen-bond donors (Lipinski definition) is 0. The number of esters is 1. The highest BCUT2D eigenvalue weighted by molar-refractivity contribution is 7.99. The first-order valence-corrected chi connectivity index (χ1v) is 7.20. The molecule has 0 radical (unpaired) electrons. The van der Waals surface area contributed by atoms with E-state index < -0.39 is 0 Å². The van der Waals surface area contributed by atoms with E-state index in [0.717, 1.165) is 12.8 Å². The van der Waals surface area contributed by atoms with Gasteiger partial charge in [0, 0.05) is 6.42 Å². The van der Waals surface area contributed by atoms with E-state index in [1.807, 2.05) is 18.7 Å². The number of thioether (sulfide) groups is 1. The van der Waals surface area contributed by atoms with Crippen LogP contribution in [0.2, 0.25) is 0 Å². The van der Waals surface area contributed by atoms with Crippen molar-refractivity contribution in [2.75, 3.05) is 18.1 Å². The molecular formula is C12H24O2S. The Bertz CT molecular complexity index is 149. The number of hydrogen-bond acceptors (Lipinski definition) is 3. The van der Waals surface area contributed by atoms with Gasteiger partial charge in [0.1, 0.15) is 0 Å². The van der Waals surface area contributed by atoms with Crippen LogP contribution in [0.1, 0.15) is 52.4 Å². The van der Waals surface area contributed by atoms with Crippen LogP contribution in [0.15, 0.2) is 0 Å². The number of rotatable bonds is 10. The monoisotopic (exact) mass is 232 g/mol. The van der Waals surface area contributed by atoms with Crippen molar-refractivity contribution in [3.05, 3.63) is 0 Å². The summed E-state index contributed by atoms with van der Waals surface area (Å²) in [5.74, 6) is 2.48. The fourth-order valence-electron chi connectivity index (χ4n) is 1.23. The molecule has 0 atom stereocenters. The lowest BCUT2D eigenvalue weighted by molar-refractivity contribution is -0.143. The maximum atomic E-state index is 11.0. The fraction of sp³-hybridized carbons (Fsp3) is 0.917. The second-order valence-electron chi connectivity index (χ2n) is 3.58. The highest BCUT2D eigenvalue weighted by Gasteiger charge is 2.00. The van der Waals surface area contributed by atoms with Crippen LogP contribution in [0.3, 0.4) is 0 Å². The summed E-state index contributed by atoms with van der Waals surface area (Å²) in [5.41, 5.74) is 0. The van der Waals surface area contributed by atoms with Crippen LogP contribution in [0, 0.1) is 0 Å². The van der Waals surface area contributed by atoms with Crippen molar-refractivity contribution in [1.29, 1.82) is 0 Å². The zero-order valence-corrected chi connectivity index (χ0v) is 10.9. The third-order valence-corrected chi connectivity index (χ3v) is 3.27. The van der Waals surface area contributed by atoms with Crippen LogP contribution < -0.4 is 0 Å². The highest BCUT2D eigenvalue weighted by atomic mass is 32.2. The summed E-state index contributed by atoms with van der Waals surface area (Å²) in [7, 11) is 0. The van der Waals surface area contributed by atoms with E-state index in [4.69, 9.17) is 4.74 Å². The summed E-state index contributed by atoms with van der Waals surface area (Å²) < 4.78 is 4.86. The highest BCUT2D eigenvalue weighted by Crippen LogP contribution is 2.09. The number of unbranched alkanes of at least 4 members (excludes halogenated alkanes) is 3. The molecule has 0 fully saturated rings. The second kappa shape index (κ2) is 11.9. The van der Waals surface area contributed by atoms with Gasteiger partial charge in [-0.15, -0.1) is 0 Å². The van der Waals surface area contributed by atoms with E-state index in [1.165, 1.54) is 30.8 Å². The summed E-state index contributed by atoms with van der Waals surface area (Å²) in [4.78, 5) is 11.0. The zero-order chi connectivity index (χ0) is 11.4. The van der Waals surface area contributed by atoms with Crippen molar-refractivity contribution in [2.24, 2.45) is 0 Å². The molecule has 3 heteroatoms. The molecular weight excluding hydrogens is 208 g/mol. The van der Waals surface area contributed by atoms with Crippen LogP contribution >= 0.6 is 11.8 Å². The van der Waals surface area contributed by atoms with Gasteiger partial charge >= 0.3 is 5.97 Å². The van der Waals surface area contributed by atoms with Gasteiger partial charge in [-0.05, 0) is 37.7 Å². The average Bonchev–Trinajstić information content (AvgIpc) is 2.22. The normalized spacial score (nSPS) is 10.3. The number of ether oxygens (including phenoxy) is 1. The molecule has 0 unspecified atom stereocenters.